The van der Waals surface area contributed by atoms with Gasteiger partial charge in [0.1, 0.15) is 11.6 Å². The molecule has 1 aromatic rings. The molecule has 0 aliphatic carbocycles. The number of nitrogens with one attached hydrogen (secondary N) is 1. The molecule has 0 aliphatic heterocycles. The molecule has 4 heteroatoms. The van der Waals surface area contributed by atoms with E-state index in [0.717, 1.165) is 5.56 Å². The highest BCUT2D eigenvalue weighted by atomic mass is 19.1. The summed E-state index contributed by atoms with van der Waals surface area (Å²) < 4.78 is 12.9. The van der Waals surface area contributed by atoms with Crippen LogP contribution in [-0.2, 0) is 16.0 Å². The van der Waals surface area contributed by atoms with E-state index in [9.17, 15) is 14.0 Å². The zero-order valence-electron chi connectivity index (χ0n) is 12.8. The quantitative estimate of drug-likeness (QED) is 0.839. The van der Waals surface area contributed by atoms with Crippen molar-refractivity contribution in [1.82, 2.24) is 5.32 Å². The molecule has 0 aromatic heterocycles. The van der Waals surface area contributed by atoms with Crippen molar-refractivity contribution in [3.05, 3.63) is 42.6 Å². The zero-order valence-corrected chi connectivity index (χ0v) is 12.8. The Balaban J connectivity index is 2.56. The Kier molecular flexibility index (Phi) is 6.06. The van der Waals surface area contributed by atoms with Crippen molar-refractivity contribution in [2.24, 2.45) is 5.92 Å². The summed E-state index contributed by atoms with van der Waals surface area (Å²) in [5, 5.41) is 2.87. The van der Waals surface area contributed by atoms with Crippen molar-refractivity contribution >= 4 is 11.7 Å². The van der Waals surface area contributed by atoms with Gasteiger partial charge in [-0.1, -0.05) is 12.1 Å². The highest BCUT2D eigenvalue weighted by Crippen LogP contribution is 2.15. The summed E-state index contributed by atoms with van der Waals surface area (Å²) >= 11 is 0. The molecule has 0 saturated carbocycles. The van der Waals surface area contributed by atoms with Gasteiger partial charge in [0.05, 0.1) is 0 Å². The first-order chi connectivity index (χ1) is 9.69. The van der Waals surface area contributed by atoms with Gasteiger partial charge >= 0.3 is 0 Å². The van der Waals surface area contributed by atoms with Gasteiger partial charge in [0.15, 0.2) is 0 Å². The third-order valence-corrected chi connectivity index (χ3v) is 3.17. The highest BCUT2D eigenvalue weighted by molar-refractivity contribution is 5.81. The molecule has 0 heterocycles. The Morgan fingerprint density at radius 1 is 1.29 bits per heavy atom. The predicted octanol–water partition coefficient (Wildman–Crippen LogP) is 2.96. The number of amides is 1. The summed E-state index contributed by atoms with van der Waals surface area (Å²) in [4.78, 5) is 22.9. The lowest BCUT2D eigenvalue weighted by atomic mass is 9.93. The predicted molar refractivity (Wildman–Crippen MR) is 80.0 cm³/mol. The lowest BCUT2D eigenvalue weighted by molar-refractivity contribution is -0.125. The zero-order chi connectivity index (χ0) is 16.0. The van der Waals surface area contributed by atoms with E-state index in [1.165, 1.54) is 19.1 Å². The normalized spacial score (nSPS) is 12.8. The second-order valence-electron chi connectivity index (χ2n) is 6.02. The Bertz CT molecular complexity index is 494. The second kappa shape index (κ2) is 7.34. The van der Waals surface area contributed by atoms with Gasteiger partial charge in [-0.25, -0.2) is 4.39 Å². The van der Waals surface area contributed by atoms with Crippen molar-refractivity contribution in [1.29, 1.82) is 0 Å². The van der Waals surface area contributed by atoms with Crippen LogP contribution in [0, 0.1) is 18.7 Å². The van der Waals surface area contributed by atoms with E-state index in [2.05, 4.69) is 5.32 Å². The lowest BCUT2D eigenvalue weighted by Gasteiger charge is -2.28. The van der Waals surface area contributed by atoms with Crippen molar-refractivity contribution in [2.75, 3.05) is 0 Å². The van der Waals surface area contributed by atoms with Crippen LogP contribution in [0.5, 0.6) is 0 Å². The van der Waals surface area contributed by atoms with Gasteiger partial charge in [0.2, 0.25) is 5.91 Å². The van der Waals surface area contributed by atoms with Crippen molar-refractivity contribution in [2.45, 2.75) is 45.6 Å². The third-order valence-electron chi connectivity index (χ3n) is 3.17. The topological polar surface area (TPSA) is 46.2 Å². The standard InChI is InChI=1S/C17H22FNO2/c1-12(5-6-13(2)20)16(21)19-17(3,4)11-14-7-9-15(18)10-8-14/h1,7-10,12H,5-6,11H2,2-4H3,(H,19,21)/t12-/m0/s1. The van der Waals surface area contributed by atoms with E-state index < -0.39 is 11.5 Å². The number of benzene rings is 1. The number of halogens is 1. The number of rotatable bonds is 7. The molecule has 0 saturated heterocycles. The van der Waals surface area contributed by atoms with E-state index in [0.29, 0.717) is 19.3 Å². The SMILES string of the molecule is [CH][C@@H](CCC(C)=O)C(=O)NC(C)(C)Cc1ccc(F)cc1. The van der Waals surface area contributed by atoms with Crippen LogP contribution in [0.1, 0.15) is 39.2 Å². The molecule has 114 valence electrons. The Morgan fingerprint density at radius 2 is 1.86 bits per heavy atom. The van der Waals surface area contributed by atoms with E-state index in [4.69, 9.17) is 6.92 Å². The molecule has 1 atom stereocenters. The number of carbonyl (C=O) groups excluding carboxylic acids is 2. The minimum absolute atomic E-state index is 0.0174. The molecule has 21 heavy (non-hydrogen) atoms. The van der Waals surface area contributed by atoms with Gasteiger partial charge in [0.25, 0.3) is 0 Å². The summed E-state index contributed by atoms with van der Waals surface area (Å²) in [6.45, 7) is 11.0. The van der Waals surface area contributed by atoms with Crippen LogP contribution in [0.2, 0.25) is 0 Å². The second-order valence-corrected chi connectivity index (χ2v) is 6.02. The van der Waals surface area contributed by atoms with Crippen LogP contribution < -0.4 is 5.32 Å². The Labute approximate surface area is 125 Å². The van der Waals surface area contributed by atoms with Gasteiger partial charge in [-0.3, -0.25) is 4.79 Å². The monoisotopic (exact) mass is 291 g/mol. The van der Waals surface area contributed by atoms with Gasteiger partial charge in [0, 0.05) is 17.9 Å². The van der Waals surface area contributed by atoms with Gasteiger partial charge in [-0.2, -0.15) is 0 Å². The molecule has 1 rings (SSSR count). The minimum Gasteiger partial charge on any atom is -0.351 e. The van der Waals surface area contributed by atoms with Gasteiger partial charge in [-0.05, 0) is 58.2 Å². The number of Topliss-reactive ketones (excluding diaryl/α,β-unsaturated/α-hetero) is 1. The van der Waals surface area contributed by atoms with Crippen LogP contribution in [0.25, 0.3) is 0 Å². The third kappa shape index (κ3) is 6.52. The van der Waals surface area contributed by atoms with Crippen LogP contribution in [0.4, 0.5) is 4.39 Å². The Morgan fingerprint density at radius 3 is 2.38 bits per heavy atom. The molecule has 1 aromatic carbocycles. The largest absolute Gasteiger partial charge is 0.351 e. The van der Waals surface area contributed by atoms with E-state index in [1.807, 2.05) is 13.8 Å². The average molecular weight is 291 g/mol. The highest BCUT2D eigenvalue weighted by Gasteiger charge is 2.24. The van der Waals surface area contributed by atoms with Crippen molar-refractivity contribution in [3.63, 3.8) is 0 Å². The van der Waals surface area contributed by atoms with Crippen LogP contribution in [0.15, 0.2) is 24.3 Å². The molecule has 1 N–H and O–H groups in total. The molecular formula is C17H22FNO2. The maximum absolute atomic E-state index is 12.9. The molecule has 0 aliphatic rings. The van der Waals surface area contributed by atoms with Crippen molar-refractivity contribution in [3.8, 4) is 0 Å². The summed E-state index contributed by atoms with van der Waals surface area (Å²) in [6, 6.07) is 6.18. The van der Waals surface area contributed by atoms with Crippen LogP contribution in [0.3, 0.4) is 0 Å². The lowest BCUT2D eigenvalue weighted by Crippen LogP contribution is -2.47. The minimum atomic E-state index is -0.693. The van der Waals surface area contributed by atoms with Crippen molar-refractivity contribution < 1.29 is 14.0 Å². The molecule has 0 spiro atoms. The summed E-state index contributed by atoms with van der Waals surface area (Å²) in [6.07, 6.45) is 1.21. The number of carbonyl (C=O) groups is 2. The number of hydrogen-bond acceptors (Lipinski definition) is 2. The number of hydrogen-bond donors (Lipinski definition) is 1. The first kappa shape index (κ1) is 17.3. The summed E-state index contributed by atoms with van der Waals surface area (Å²) in [5.41, 5.74) is 0.432. The van der Waals surface area contributed by atoms with Gasteiger partial charge < -0.3 is 10.1 Å². The fourth-order valence-corrected chi connectivity index (χ4v) is 2.07. The fraction of sp³-hybridized carbons (Fsp3) is 0.471. The van der Waals surface area contributed by atoms with Crippen LogP contribution >= 0.6 is 0 Å². The smallest absolute Gasteiger partial charge is 0.223 e. The maximum Gasteiger partial charge on any atom is 0.223 e. The summed E-state index contributed by atoms with van der Waals surface area (Å²) in [5.74, 6) is -1.24. The van der Waals surface area contributed by atoms with E-state index in [1.54, 1.807) is 12.1 Å². The van der Waals surface area contributed by atoms with Crippen LogP contribution in [-0.4, -0.2) is 17.2 Å². The molecular weight excluding hydrogens is 269 g/mol. The maximum atomic E-state index is 12.9. The molecule has 3 nitrogen and oxygen atoms in total. The molecule has 0 fully saturated rings. The molecule has 1 amide bonds. The molecule has 0 bridgehead atoms. The molecule has 2 radical (unpaired) electrons. The summed E-state index contributed by atoms with van der Waals surface area (Å²) in [7, 11) is 0. The Hall–Kier alpha value is -1.71. The first-order valence-corrected chi connectivity index (χ1v) is 7.01. The average Bonchev–Trinajstić information content (AvgIpc) is 2.37. The fourth-order valence-electron chi connectivity index (χ4n) is 2.07. The first-order valence-electron chi connectivity index (χ1n) is 7.01. The molecule has 0 unspecified atom stereocenters. The van der Waals surface area contributed by atoms with E-state index in [-0.39, 0.29) is 17.5 Å². The van der Waals surface area contributed by atoms with E-state index >= 15 is 0 Å². The number of ketones is 1. The van der Waals surface area contributed by atoms with Gasteiger partial charge in [-0.15, -0.1) is 0 Å².